The summed E-state index contributed by atoms with van der Waals surface area (Å²) in [7, 11) is 0. The van der Waals surface area contributed by atoms with Crippen LogP contribution in [0.25, 0.3) is 0 Å². The molecule has 1 unspecified atom stereocenters. The van der Waals surface area contributed by atoms with Crippen molar-refractivity contribution in [2.75, 3.05) is 24.5 Å². The van der Waals surface area contributed by atoms with Crippen molar-refractivity contribution in [3.8, 4) is 0 Å². The molecule has 0 aromatic heterocycles. The summed E-state index contributed by atoms with van der Waals surface area (Å²) in [5.74, 6) is 0. The number of hydrogen-bond acceptors (Lipinski definition) is 6. The second-order valence-electron chi connectivity index (χ2n) is 6.49. The Kier molecular flexibility index (Phi) is 5.34. The van der Waals surface area contributed by atoms with E-state index >= 15 is 0 Å². The Morgan fingerprint density at radius 2 is 2.08 bits per heavy atom. The first-order valence-electron chi connectivity index (χ1n) is 7.45. The lowest BCUT2D eigenvalue weighted by atomic mass is 10.2. The molecule has 8 nitrogen and oxygen atoms in total. The SMILES string of the molecule is CC(C)(C)OC(=O)N1CCN(c2ccc(Br)cc2[N+](=O)[O-])C(O)C1. The minimum absolute atomic E-state index is 0.0160. The molecular weight excluding hydrogens is 382 g/mol. The van der Waals surface area contributed by atoms with E-state index in [2.05, 4.69) is 15.9 Å². The zero-order valence-electron chi connectivity index (χ0n) is 13.7. The molecule has 2 rings (SSSR count). The smallest absolute Gasteiger partial charge is 0.410 e. The lowest BCUT2D eigenvalue weighted by Crippen LogP contribution is -2.55. The predicted octanol–water partition coefficient (Wildman–Crippen LogP) is 2.73. The van der Waals surface area contributed by atoms with Gasteiger partial charge in [-0.3, -0.25) is 10.1 Å². The van der Waals surface area contributed by atoms with Gasteiger partial charge in [0.25, 0.3) is 5.69 Å². The van der Waals surface area contributed by atoms with Crippen molar-refractivity contribution in [3.63, 3.8) is 0 Å². The van der Waals surface area contributed by atoms with Crippen LogP contribution in [0.4, 0.5) is 16.2 Å². The van der Waals surface area contributed by atoms with Gasteiger partial charge in [-0.2, -0.15) is 0 Å². The number of carbonyl (C=O) groups is 1. The number of carbonyl (C=O) groups excluding carboxylic acids is 1. The van der Waals surface area contributed by atoms with Crippen LogP contribution < -0.4 is 4.90 Å². The van der Waals surface area contributed by atoms with Gasteiger partial charge in [0.1, 0.15) is 17.5 Å². The molecule has 1 aromatic rings. The second kappa shape index (κ2) is 6.94. The van der Waals surface area contributed by atoms with Crippen LogP contribution in [-0.2, 0) is 4.74 Å². The van der Waals surface area contributed by atoms with Gasteiger partial charge in [0.15, 0.2) is 0 Å². The molecule has 9 heteroatoms. The number of β-amino-alcohol motifs (C(OH)–C–C–N with tert-alkyl or cyclic N) is 1. The Balaban J connectivity index is 2.15. The fourth-order valence-electron chi connectivity index (χ4n) is 2.42. The molecule has 1 N–H and O–H groups in total. The first-order valence-corrected chi connectivity index (χ1v) is 8.24. The molecule has 1 aliphatic rings. The fourth-order valence-corrected chi connectivity index (χ4v) is 2.77. The van der Waals surface area contributed by atoms with Crippen LogP contribution in [0.5, 0.6) is 0 Å². The molecule has 0 spiro atoms. The van der Waals surface area contributed by atoms with Gasteiger partial charge in [-0.05, 0) is 32.9 Å². The van der Waals surface area contributed by atoms with Crippen LogP contribution in [0.1, 0.15) is 20.8 Å². The Hall–Kier alpha value is -1.87. The topological polar surface area (TPSA) is 96.2 Å². The minimum atomic E-state index is -1.05. The summed E-state index contributed by atoms with van der Waals surface area (Å²) in [6.07, 6.45) is -1.56. The Bertz CT molecular complexity index is 646. The summed E-state index contributed by atoms with van der Waals surface area (Å²) < 4.78 is 5.87. The minimum Gasteiger partial charge on any atom is -0.444 e. The predicted molar refractivity (Wildman–Crippen MR) is 92.0 cm³/mol. The first-order chi connectivity index (χ1) is 11.1. The highest BCUT2D eigenvalue weighted by atomic mass is 79.9. The Morgan fingerprint density at radius 1 is 1.42 bits per heavy atom. The quantitative estimate of drug-likeness (QED) is 0.604. The number of hydrogen-bond donors (Lipinski definition) is 1. The van der Waals surface area contributed by atoms with Crippen molar-refractivity contribution in [2.24, 2.45) is 0 Å². The van der Waals surface area contributed by atoms with Crippen molar-refractivity contribution in [1.82, 2.24) is 4.90 Å². The van der Waals surface area contributed by atoms with Crippen LogP contribution in [-0.4, -0.2) is 52.5 Å². The molecule has 1 amide bonds. The summed E-state index contributed by atoms with van der Waals surface area (Å²) in [5, 5.41) is 21.6. The maximum absolute atomic E-state index is 12.1. The third kappa shape index (κ3) is 4.35. The third-order valence-corrected chi connectivity index (χ3v) is 3.94. The van der Waals surface area contributed by atoms with Gasteiger partial charge in [-0.25, -0.2) is 4.79 Å². The second-order valence-corrected chi connectivity index (χ2v) is 7.41. The van der Waals surface area contributed by atoms with E-state index in [4.69, 9.17) is 4.74 Å². The highest BCUT2D eigenvalue weighted by molar-refractivity contribution is 9.10. The van der Waals surface area contributed by atoms with Crippen LogP contribution in [0.15, 0.2) is 22.7 Å². The number of nitro benzene ring substituents is 1. The Labute approximate surface area is 148 Å². The molecule has 132 valence electrons. The van der Waals surface area contributed by atoms with Crippen LogP contribution in [0, 0.1) is 10.1 Å². The highest BCUT2D eigenvalue weighted by Crippen LogP contribution is 2.33. The number of ether oxygens (including phenoxy) is 1. The molecule has 1 atom stereocenters. The number of nitrogens with zero attached hydrogens (tertiary/aromatic N) is 3. The number of aliphatic hydroxyl groups is 1. The molecule has 1 heterocycles. The fraction of sp³-hybridized carbons (Fsp3) is 0.533. The summed E-state index contributed by atoms with van der Waals surface area (Å²) in [6, 6.07) is 4.65. The number of piperazine rings is 1. The van der Waals surface area contributed by atoms with Crippen molar-refractivity contribution in [3.05, 3.63) is 32.8 Å². The van der Waals surface area contributed by atoms with Crippen molar-refractivity contribution < 1.29 is 19.6 Å². The maximum atomic E-state index is 12.1. The lowest BCUT2D eigenvalue weighted by Gasteiger charge is -2.40. The lowest BCUT2D eigenvalue weighted by molar-refractivity contribution is -0.384. The number of amides is 1. The molecule has 0 bridgehead atoms. The van der Waals surface area contributed by atoms with Crippen molar-refractivity contribution in [2.45, 2.75) is 32.6 Å². The molecule has 0 radical (unpaired) electrons. The van der Waals surface area contributed by atoms with Crippen LogP contribution in [0.3, 0.4) is 0 Å². The van der Waals surface area contributed by atoms with Crippen LogP contribution in [0.2, 0.25) is 0 Å². The van der Waals surface area contributed by atoms with E-state index < -0.39 is 22.8 Å². The number of benzene rings is 1. The number of rotatable bonds is 2. The molecule has 24 heavy (non-hydrogen) atoms. The van der Waals surface area contributed by atoms with E-state index in [0.29, 0.717) is 16.7 Å². The van der Waals surface area contributed by atoms with E-state index in [1.165, 1.54) is 15.9 Å². The molecule has 0 saturated carbocycles. The molecule has 1 aromatic carbocycles. The highest BCUT2D eigenvalue weighted by Gasteiger charge is 2.33. The molecule has 0 aliphatic carbocycles. The summed E-state index contributed by atoms with van der Waals surface area (Å²) in [5.41, 5.74) is -0.405. The molecule has 1 fully saturated rings. The molecule has 1 aliphatic heterocycles. The summed E-state index contributed by atoms with van der Waals surface area (Å²) >= 11 is 3.21. The van der Waals surface area contributed by atoms with Gasteiger partial charge in [0, 0.05) is 23.6 Å². The normalized spacial score (nSPS) is 18.5. The van der Waals surface area contributed by atoms with E-state index in [0.717, 1.165) is 0 Å². The zero-order valence-corrected chi connectivity index (χ0v) is 15.3. The average molecular weight is 402 g/mol. The van der Waals surface area contributed by atoms with Gasteiger partial charge in [0.05, 0.1) is 11.5 Å². The van der Waals surface area contributed by atoms with Gasteiger partial charge >= 0.3 is 6.09 Å². The van der Waals surface area contributed by atoms with Gasteiger partial charge in [0.2, 0.25) is 0 Å². The number of anilines is 1. The maximum Gasteiger partial charge on any atom is 0.410 e. The largest absolute Gasteiger partial charge is 0.444 e. The average Bonchev–Trinajstić information content (AvgIpc) is 2.45. The number of halogens is 1. The summed E-state index contributed by atoms with van der Waals surface area (Å²) in [6.45, 7) is 5.89. The van der Waals surface area contributed by atoms with E-state index in [1.807, 2.05) is 0 Å². The van der Waals surface area contributed by atoms with E-state index in [1.54, 1.807) is 32.9 Å². The standard InChI is InChI=1S/C15H20BrN3O5/c1-15(2,3)24-14(21)17-6-7-18(13(20)9-17)11-5-4-10(16)8-12(11)19(22)23/h4-5,8,13,20H,6-7,9H2,1-3H3. The third-order valence-electron chi connectivity index (χ3n) is 3.45. The first kappa shape index (κ1) is 18.5. The van der Waals surface area contributed by atoms with Crippen molar-refractivity contribution in [1.29, 1.82) is 0 Å². The van der Waals surface area contributed by atoms with E-state index in [-0.39, 0.29) is 18.8 Å². The number of aliphatic hydroxyl groups excluding tert-OH is 1. The van der Waals surface area contributed by atoms with Crippen molar-refractivity contribution >= 4 is 33.4 Å². The van der Waals surface area contributed by atoms with Gasteiger partial charge in [-0.1, -0.05) is 15.9 Å². The zero-order chi connectivity index (χ0) is 18.1. The molecule has 1 saturated heterocycles. The summed E-state index contributed by atoms with van der Waals surface area (Å²) in [4.78, 5) is 25.8. The number of nitro groups is 1. The monoisotopic (exact) mass is 401 g/mol. The van der Waals surface area contributed by atoms with E-state index in [9.17, 15) is 20.0 Å². The van der Waals surface area contributed by atoms with Gasteiger partial charge in [-0.15, -0.1) is 0 Å². The van der Waals surface area contributed by atoms with Crippen LogP contribution >= 0.6 is 15.9 Å². The van der Waals surface area contributed by atoms with Gasteiger partial charge < -0.3 is 19.6 Å². The molecular formula is C15H20BrN3O5. The Morgan fingerprint density at radius 3 is 2.62 bits per heavy atom.